The molecule has 42 heavy (non-hydrogen) atoms. The maximum atomic E-state index is 12.9. The topological polar surface area (TPSA) is 177 Å². The van der Waals surface area contributed by atoms with E-state index >= 15 is 0 Å². The molecule has 2 aromatic carbocycles. The van der Waals surface area contributed by atoms with Gasteiger partial charge in [0, 0.05) is 17.6 Å². The minimum atomic E-state index is -4.62. The molecule has 3 rings (SSSR count). The summed E-state index contributed by atoms with van der Waals surface area (Å²) in [4.78, 5) is 51.0. The highest BCUT2D eigenvalue weighted by Crippen LogP contribution is 2.30. The predicted octanol–water partition coefficient (Wildman–Crippen LogP) is 2.88. The number of halogens is 3. The van der Waals surface area contributed by atoms with Gasteiger partial charge in [-0.2, -0.15) is 18.1 Å². The van der Waals surface area contributed by atoms with Crippen LogP contribution in [-0.4, -0.2) is 57.6 Å². The van der Waals surface area contributed by atoms with Crippen LogP contribution in [-0.2, 0) is 25.7 Å². The highest BCUT2D eigenvalue weighted by atomic mass is 32.2. The summed E-state index contributed by atoms with van der Waals surface area (Å²) in [7, 11) is -3.92. The largest absolute Gasteiger partial charge is 0.449 e. The lowest BCUT2D eigenvalue weighted by atomic mass is 9.90. The third-order valence-corrected chi connectivity index (χ3v) is 7.31. The van der Waals surface area contributed by atoms with Crippen LogP contribution in [0.25, 0.3) is 0 Å². The SMILES string of the molecule is CCOC(=O)N(C(=O)NCC(=O)NC1CCCCC1NC(=O)c1ccc(S(N)(=O)=O)cc1)c1ccc(C(F)(F)F)cc1. The van der Waals surface area contributed by atoms with Crippen LogP contribution in [0, 0.1) is 0 Å². The van der Waals surface area contributed by atoms with Crippen LogP contribution >= 0.6 is 0 Å². The number of rotatable bonds is 8. The van der Waals surface area contributed by atoms with Crippen molar-refractivity contribution in [2.45, 2.75) is 55.8 Å². The molecule has 1 saturated carbocycles. The molecular weight excluding hydrogens is 583 g/mol. The van der Waals surface area contributed by atoms with Crippen molar-refractivity contribution >= 4 is 39.6 Å². The van der Waals surface area contributed by atoms with Crippen LogP contribution in [0.5, 0.6) is 0 Å². The third-order valence-electron chi connectivity index (χ3n) is 6.38. The first-order valence-electron chi connectivity index (χ1n) is 12.9. The van der Waals surface area contributed by atoms with Gasteiger partial charge in [-0.25, -0.2) is 23.1 Å². The summed E-state index contributed by atoms with van der Waals surface area (Å²) in [5.41, 5.74) is -0.997. The van der Waals surface area contributed by atoms with E-state index in [1.54, 1.807) is 0 Å². The monoisotopic (exact) mass is 613 g/mol. The predicted molar refractivity (Wildman–Crippen MR) is 144 cm³/mol. The molecule has 12 nitrogen and oxygen atoms in total. The molecule has 5 amide bonds. The van der Waals surface area contributed by atoms with Crippen LogP contribution in [0.15, 0.2) is 53.4 Å². The Hall–Kier alpha value is -4.18. The lowest BCUT2D eigenvalue weighted by molar-refractivity contribution is -0.137. The molecule has 0 bridgehead atoms. The number of hydrogen-bond donors (Lipinski definition) is 4. The van der Waals surface area contributed by atoms with E-state index in [4.69, 9.17) is 9.88 Å². The number of anilines is 1. The molecule has 0 radical (unpaired) electrons. The summed E-state index contributed by atoms with van der Waals surface area (Å²) >= 11 is 0. The standard InChI is InChI=1S/C26H30F3N5O7S/c1-2-41-25(38)34(18-11-9-17(10-12-18)26(27,28)29)24(37)31-15-22(35)32-20-5-3-4-6-21(20)33-23(36)16-7-13-19(14-8-16)42(30,39)40/h7-14,20-21H,2-6,15H2,1H3,(H,31,37)(H,32,35)(H,33,36)(H2,30,39,40). The second-order valence-electron chi connectivity index (χ2n) is 9.35. The lowest BCUT2D eigenvalue weighted by Crippen LogP contribution is -2.55. The number of nitrogens with zero attached hydrogens (tertiary/aromatic N) is 1. The van der Waals surface area contributed by atoms with Crippen LogP contribution < -0.4 is 26.0 Å². The average molecular weight is 614 g/mol. The molecule has 2 atom stereocenters. The fourth-order valence-electron chi connectivity index (χ4n) is 4.31. The minimum Gasteiger partial charge on any atom is -0.449 e. The molecule has 1 aliphatic rings. The van der Waals surface area contributed by atoms with Crippen molar-refractivity contribution in [3.8, 4) is 0 Å². The second-order valence-corrected chi connectivity index (χ2v) is 10.9. The number of primary sulfonamides is 1. The maximum absolute atomic E-state index is 12.9. The van der Waals surface area contributed by atoms with Gasteiger partial charge < -0.3 is 20.7 Å². The Morgan fingerprint density at radius 1 is 0.952 bits per heavy atom. The summed E-state index contributed by atoms with van der Waals surface area (Å²) in [6, 6.07) is 6.24. The molecule has 1 fully saturated rings. The molecule has 228 valence electrons. The van der Waals surface area contributed by atoms with Gasteiger partial charge in [-0.3, -0.25) is 9.59 Å². The van der Waals surface area contributed by atoms with E-state index in [1.807, 2.05) is 0 Å². The Kier molecular flexibility index (Phi) is 10.5. The number of amides is 5. The molecule has 0 saturated heterocycles. The number of urea groups is 1. The van der Waals surface area contributed by atoms with Crippen molar-refractivity contribution in [2.24, 2.45) is 5.14 Å². The lowest BCUT2D eigenvalue weighted by Gasteiger charge is -2.33. The minimum absolute atomic E-state index is 0.116. The molecule has 0 aliphatic heterocycles. The summed E-state index contributed by atoms with van der Waals surface area (Å²) in [5, 5.41) is 12.9. The number of carbonyl (C=O) groups excluding carboxylic acids is 4. The summed E-state index contributed by atoms with van der Waals surface area (Å²) in [6.45, 7) is 0.781. The Morgan fingerprint density at radius 2 is 1.52 bits per heavy atom. The molecule has 0 heterocycles. The number of ether oxygens (including phenoxy) is 1. The Labute approximate surface area is 239 Å². The van der Waals surface area contributed by atoms with Crippen LogP contribution in [0.1, 0.15) is 48.5 Å². The Morgan fingerprint density at radius 3 is 2.05 bits per heavy atom. The molecule has 2 unspecified atom stereocenters. The van der Waals surface area contributed by atoms with E-state index in [0.29, 0.717) is 29.9 Å². The van der Waals surface area contributed by atoms with Gasteiger partial charge in [0.25, 0.3) is 5.91 Å². The van der Waals surface area contributed by atoms with Gasteiger partial charge in [-0.1, -0.05) is 12.8 Å². The van der Waals surface area contributed by atoms with Crippen LogP contribution in [0.4, 0.5) is 28.4 Å². The number of hydrogen-bond acceptors (Lipinski definition) is 7. The van der Waals surface area contributed by atoms with Crippen molar-refractivity contribution in [3.63, 3.8) is 0 Å². The first kappa shape index (κ1) is 32.3. The average Bonchev–Trinajstić information content (AvgIpc) is 2.92. The number of carbonyl (C=O) groups is 4. The zero-order valence-electron chi connectivity index (χ0n) is 22.4. The number of nitrogens with one attached hydrogen (secondary N) is 3. The van der Waals surface area contributed by atoms with Gasteiger partial charge in [0.05, 0.1) is 29.3 Å². The van der Waals surface area contributed by atoms with Crippen LogP contribution in [0.2, 0.25) is 0 Å². The summed E-state index contributed by atoms with van der Waals surface area (Å²) in [5.74, 6) is -1.12. The first-order valence-corrected chi connectivity index (χ1v) is 14.4. The quantitative estimate of drug-likeness (QED) is 0.354. The van der Waals surface area contributed by atoms with Gasteiger partial charge >= 0.3 is 18.3 Å². The zero-order valence-corrected chi connectivity index (χ0v) is 23.3. The highest BCUT2D eigenvalue weighted by molar-refractivity contribution is 7.89. The summed E-state index contributed by atoms with van der Waals surface area (Å²) < 4.78 is 66.5. The van der Waals surface area contributed by atoms with Crippen molar-refractivity contribution in [2.75, 3.05) is 18.1 Å². The van der Waals surface area contributed by atoms with Gasteiger partial charge in [0.15, 0.2) is 0 Å². The maximum Gasteiger partial charge on any atom is 0.422 e. The number of nitrogens with two attached hydrogens (primary N) is 1. The van der Waals surface area contributed by atoms with E-state index < -0.39 is 64.3 Å². The zero-order chi connectivity index (χ0) is 31.1. The van der Waals surface area contributed by atoms with Crippen molar-refractivity contribution in [3.05, 3.63) is 59.7 Å². The van der Waals surface area contributed by atoms with E-state index in [0.717, 1.165) is 25.0 Å². The van der Waals surface area contributed by atoms with Crippen LogP contribution in [0.3, 0.4) is 0 Å². The normalized spacial score (nSPS) is 17.1. The number of benzene rings is 2. The smallest absolute Gasteiger partial charge is 0.422 e. The first-order chi connectivity index (χ1) is 19.7. The van der Waals surface area contributed by atoms with E-state index in [-0.39, 0.29) is 22.8 Å². The Bertz CT molecular complexity index is 1400. The molecular formula is C26H30F3N5O7S. The number of sulfonamides is 1. The Balaban J connectivity index is 1.62. The third kappa shape index (κ3) is 8.66. The van der Waals surface area contributed by atoms with Gasteiger partial charge in [-0.15, -0.1) is 0 Å². The molecule has 2 aromatic rings. The van der Waals surface area contributed by atoms with E-state index in [2.05, 4.69) is 16.0 Å². The fraction of sp³-hybridized carbons (Fsp3) is 0.385. The molecule has 0 aromatic heterocycles. The van der Waals surface area contributed by atoms with Gasteiger partial charge in [-0.05, 0) is 68.3 Å². The van der Waals surface area contributed by atoms with Gasteiger partial charge in [0.1, 0.15) is 0 Å². The number of imide groups is 1. The summed E-state index contributed by atoms with van der Waals surface area (Å²) in [6.07, 6.45) is -3.17. The van der Waals surface area contributed by atoms with Crippen molar-refractivity contribution in [1.29, 1.82) is 0 Å². The molecule has 1 aliphatic carbocycles. The fourth-order valence-corrected chi connectivity index (χ4v) is 4.83. The van der Waals surface area contributed by atoms with Crippen molar-refractivity contribution in [1.82, 2.24) is 16.0 Å². The van der Waals surface area contributed by atoms with E-state index in [9.17, 15) is 40.8 Å². The van der Waals surface area contributed by atoms with Gasteiger partial charge in [0.2, 0.25) is 15.9 Å². The van der Waals surface area contributed by atoms with Crippen molar-refractivity contribution < 1.29 is 45.5 Å². The van der Waals surface area contributed by atoms with E-state index in [1.165, 1.54) is 31.2 Å². The molecule has 16 heteroatoms. The molecule has 0 spiro atoms. The number of alkyl halides is 3. The molecule has 5 N–H and O–H groups in total. The second kappa shape index (κ2) is 13.7. The highest BCUT2D eigenvalue weighted by Gasteiger charge is 2.32.